The Labute approximate surface area is 128 Å². The van der Waals surface area contributed by atoms with Crippen LogP contribution < -0.4 is 10.9 Å². The van der Waals surface area contributed by atoms with E-state index in [2.05, 4.69) is 5.32 Å². The van der Waals surface area contributed by atoms with E-state index in [1.54, 1.807) is 12.1 Å². The van der Waals surface area contributed by atoms with Crippen LogP contribution in [0.3, 0.4) is 0 Å². The summed E-state index contributed by atoms with van der Waals surface area (Å²) in [6.07, 6.45) is 0. The summed E-state index contributed by atoms with van der Waals surface area (Å²) in [5.41, 5.74) is 1.44. The molecule has 22 heavy (non-hydrogen) atoms. The molecule has 0 radical (unpaired) electrons. The van der Waals surface area contributed by atoms with Crippen LogP contribution in [0.5, 0.6) is 0 Å². The molecule has 1 heterocycles. The Balaban J connectivity index is 2.42. The Morgan fingerprint density at radius 1 is 1.36 bits per heavy atom. The van der Waals surface area contributed by atoms with Crippen LogP contribution in [0.2, 0.25) is 0 Å². The van der Waals surface area contributed by atoms with E-state index >= 15 is 0 Å². The Kier molecular flexibility index (Phi) is 5.30. The van der Waals surface area contributed by atoms with Crippen molar-refractivity contribution in [3.8, 4) is 0 Å². The van der Waals surface area contributed by atoms with Crippen LogP contribution in [0.1, 0.15) is 19.4 Å². The lowest BCUT2D eigenvalue weighted by Gasteiger charge is -2.19. The van der Waals surface area contributed by atoms with Crippen molar-refractivity contribution in [2.45, 2.75) is 20.4 Å². The first-order valence-electron chi connectivity index (χ1n) is 7.21. The van der Waals surface area contributed by atoms with E-state index in [1.807, 2.05) is 17.9 Å². The second-order valence-corrected chi connectivity index (χ2v) is 5.08. The third kappa shape index (κ3) is 3.93. The Hall–Kier alpha value is -2.18. The van der Waals surface area contributed by atoms with Gasteiger partial charge >= 0.3 is 5.63 Å². The second-order valence-electron chi connectivity index (χ2n) is 5.08. The zero-order chi connectivity index (χ0) is 16.1. The topological polar surface area (TPSA) is 82.8 Å². The summed E-state index contributed by atoms with van der Waals surface area (Å²) < 4.78 is 5.22. The number of aliphatic hydroxyl groups excluding tert-OH is 1. The van der Waals surface area contributed by atoms with E-state index in [4.69, 9.17) is 9.52 Å². The number of fused-ring (bicyclic) bond motifs is 1. The third-order valence-corrected chi connectivity index (χ3v) is 3.41. The van der Waals surface area contributed by atoms with E-state index in [0.29, 0.717) is 24.4 Å². The van der Waals surface area contributed by atoms with Gasteiger partial charge in [0.2, 0.25) is 5.91 Å². The lowest BCUT2D eigenvalue weighted by molar-refractivity contribution is -0.114. The first-order valence-corrected chi connectivity index (χ1v) is 7.21. The fourth-order valence-electron chi connectivity index (χ4n) is 2.37. The number of carbonyl (C=O) groups excluding carboxylic acids is 1. The Morgan fingerprint density at radius 3 is 2.77 bits per heavy atom. The smallest absolute Gasteiger partial charge is 0.336 e. The monoisotopic (exact) mass is 304 g/mol. The summed E-state index contributed by atoms with van der Waals surface area (Å²) in [7, 11) is 0. The molecule has 0 aliphatic carbocycles. The number of likely N-dealkylation sites (N-methyl/N-ethyl adjacent to an activating group) is 1. The van der Waals surface area contributed by atoms with Crippen molar-refractivity contribution >= 4 is 22.6 Å². The molecule has 0 saturated heterocycles. The van der Waals surface area contributed by atoms with E-state index in [9.17, 15) is 9.59 Å². The number of aliphatic hydroxyl groups is 1. The molecule has 6 nitrogen and oxygen atoms in total. The van der Waals surface area contributed by atoms with Gasteiger partial charge in [0.05, 0.1) is 6.61 Å². The van der Waals surface area contributed by atoms with Gasteiger partial charge in [0.25, 0.3) is 0 Å². The molecular weight excluding hydrogens is 284 g/mol. The van der Waals surface area contributed by atoms with Crippen molar-refractivity contribution in [1.29, 1.82) is 0 Å². The van der Waals surface area contributed by atoms with Gasteiger partial charge in [-0.2, -0.15) is 0 Å². The molecule has 2 aromatic rings. The van der Waals surface area contributed by atoms with Crippen molar-refractivity contribution in [3.63, 3.8) is 0 Å². The number of carbonyl (C=O) groups is 1. The summed E-state index contributed by atoms with van der Waals surface area (Å²) in [5, 5.41) is 12.6. The second kappa shape index (κ2) is 7.20. The average Bonchev–Trinajstić information content (AvgIpc) is 2.45. The largest absolute Gasteiger partial charge is 0.423 e. The molecule has 118 valence electrons. The molecule has 2 N–H and O–H groups in total. The van der Waals surface area contributed by atoms with E-state index in [1.165, 1.54) is 13.0 Å². The minimum atomic E-state index is -0.428. The average molecular weight is 304 g/mol. The molecule has 0 fully saturated rings. The third-order valence-electron chi connectivity index (χ3n) is 3.41. The summed E-state index contributed by atoms with van der Waals surface area (Å²) in [4.78, 5) is 24.9. The highest BCUT2D eigenvalue weighted by Crippen LogP contribution is 2.22. The van der Waals surface area contributed by atoms with Gasteiger partial charge in [0.15, 0.2) is 0 Å². The first-order chi connectivity index (χ1) is 10.5. The van der Waals surface area contributed by atoms with Crippen molar-refractivity contribution in [1.82, 2.24) is 4.90 Å². The van der Waals surface area contributed by atoms with E-state index in [-0.39, 0.29) is 12.5 Å². The SMILES string of the molecule is CCN(CCO)Cc1cc(=O)oc2cc(NC(C)=O)ccc12. The maximum Gasteiger partial charge on any atom is 0.336 e. The molecule has 0 aliphatic heterocycles. The fourth-order valence-corrected chi connectivity index (χ4v) is 2.37. The van der Waals surface area contributed by atoms with Gasteiger partial charge in [-0.15, -0.1) is 0 Å². The maximum atomic E-state index is 11.7. The fraction of sp³-hybridized carbons (Fsp3) is 0.375. The minimum absolute atomic E-state index is 0.0693. The van der Waals surface area contributed by atoms with Crippen LogP contribution in [0.15, 0.2) is 33.5 Å². The minimum Gasteiger partial charge on any atom is -0.423 e. The predicted molar refractivity (Wildman–Crippen MR) is 84.8 cm³/mol. The lowest BCUT2D eigenvalue weighted by atomic mass is 10.1. The van der Waals surface area contributed by atoms with Crippen LogP contribution in [0.25, 0.3) is 11.0 Å². The molecule has 0 spiro atoms. The Bertz CT molecular complexity index is 724. The standard InChI is InChI=1S/C16H20N2O4/c1-3-18(6-7-19)10-12-8-16(21)22-15-9-13(17-11(2)20)4-5-14(12)15/h4-5,8-9,19H,3,6-7,10H2,1-2H3,(H,17,20). The highest BCUT2D eigenvalue weighted by molar-refractivity contribution is 5.92. The van der Waals surface area contributed by atoms with Crippen molar-refractivity contribution in [2.75, 3.05) is 25.0 Å². The number of rotatable bonds is 6. The highest BCUT2D eigenvalue weighted by Gasteiger charge is 2.10. The first kappa shape index (κ1) is 16.2. The van der Waals surface area contributed by atoms with Crippen LogP contribution in [0.4, 0.5) is 5.69 Å². The van der Waals surface area contributed by atoms with Crippen LogP contribution in [0, 0.1) is 0 Å². The van der Waals surface area contributed by atoms with Crippen LogP contribution >= 0.6 is 0 Å². The number of anilines is 1. The summed E-state index contributed by atoms with van der Waals surface area (Å²) in [5.74, 6) is -0.182. The molecule has 1 amide bonds. The van der Waals surface area contributed by atoms with Crippen LogP contribution in [-0.2, 0) is 11.3 Å². The van der Waals surface area contributed by atoms with Crippen molar-refractivity contribution in [2.24, 2.45) is 0 Å². The highest BCUT2D eigenvalue weighted by atomic mass is 16.4. The number of amides is 1. The molecule has 1 aromatic heterocycles. The molecule has 0 bridgehead atoms. The number of hydrogen-bond donors (Lipinski definition) is 2. The lowest BCUT2D eigenvalue weighted by Crippen LogP contribution is -2.26. The van der Waals surface area contributed by atoms with Crippen molar-refractivity contribution < 1.29 is 14.3 Å². The number of hydrogen-bond acceptors (Lipinski definition) is 5. The maximum absolute atomic E-state index is 11.7. The summed E-state index contributed by atoms with van der Waals surface area (Å²) >= 11 is 0. The van der Waals surface area contributed by atoms with Gasteiger partial charge in [-0.05, 0) is 24.2 Å². The molecule has 0 aliphatic rings. The summed E-state index contributed by atoms with van der Waals surface area (Å²) in [6.45, 7) is 5.36. The molecular formula is C16H20N2O4. The molecule has 1 aromatic carbocycles. The quantitative estimate of drug-likeness (QED) is 0.792. The van der Waals surface area contributed by atoms with E-state index in [0.717, 1.165) is 17.5 Å². The molecule has 0 saturated carbocycles. The zero-order valence-corrected chi connectivity index (χ0v) is 12.8. The van der Waals surface area contributed by atoms with Crippen LogP contribution in [-0.4, -0.2) is 35.6 Å². The molecule has 0 unspecified atom stereocenters. The van der Waals surface area contributed by atoms with Gasteiger partial charge in [-0.25, -0.2) is 4.79 Å². The Morgan fingerprint density at radius 2 is 2.14 bits per heavy atom. The van der Waals surface area contributed by atoms with Gasteiger partial charge in [0.1, 0.15) is 5.58 Å². The molecule has 6 heteroatoms. The zero-order valence-electron chi connectivity index (χ0n) is 12.8. The number of nitrogens with zero attached hydrogens (tertiary/aromatic N) is 1. The normalized spacial score (nSPS) is 11.1. The summed E-state index contributed by atoms with van der Waals surface area (Å²) in [6, 6.07) is 6.71. The van der Waals surface area contributed by atoms with Gasteiger partial charge in [-0.3, -0.25) is 9.69 Å². The molecule has 2 rings (SSSR count). The number of nitrogens with one attached hydrogen (secondary N) is 1. The van der Waals surface area contributed by atoms with Crippen molar-refractivity contribution in [3.05, 3.63) is 40.2 Å². The van der Waals surface area contributed by atoms with Gasteiger partial charge in [0, 0.05) is 43.2 Å². The number of benzene rings is 1. The molecule has 0 atom stereocenters. The van der Waals surface area contributed by atoms with Gasteiger partial charge < -0.3 is 14.8 Å². The predicted octanol–water partition coefficient (Wildman–Crippen LogP) is 1.57. The van der Waals surface area contributed by atoms with E-state index < -0.39 is 5.63 Å². The van der Waals surface area contributed by atoms with Gasteiger partial charge in [-0.1, -0.05) is 6.92 Å².